The number of carboxylic acids is 1. The zero-order chi connectivity index (χ0) is 15.3. The third kappa shape index (κ3) is 4.69. The highest BCUT2D eigenvalue weighted by Crippen LogP contribution is 2.32. The molecule has 3 N–H and O–H groups in total. The van der Waals surface area contributed by atoms with Crippen molar-refractivity contribution in [2.24, 2.45) is 11.8 Å². The van der Waals surface area contributed by atoms with Crippen LogP contribution in [-0.2, 0) is 4.79 Å². The number of aliphatic carboxylic acids is 1. The van der Waals surface area contributed by atoms with Gasteiger partial charge in [-0.15, -0.1) is 0 Å². The zero-order valence-corrected chi connectivity index (χ0v) is 13.0. The molecule has 0 spiro atoms. The van der Waals surface area contributed by atoms with Gasteiger partial charge >= 0.3 is 12.0 Å². The molecule has 1 rings (SSSR count). The van der Waals surface area contributed by atoms with Crippen LogP contribution in [0, 0.1) is 11.8 Å². The monoisotopic (exact) mass is 284 g/mol. The second-order valence-electron chi connectivity index (χ2n) is 6.70. The van der Waals surface area contributed by atoms with Crippen molar-refractivity contribution < 1.29 is 14.7 Å². The molecule has 1 atom stereocenters. The van der Waals surface area contributed by atoms with Crippen molar-refractivity contribution >= 4 is 12.0 Å². The molecule has 0 heterocycles. The molecule has 0 aromatic carbocycles. The minimum atomic E-state index is -1.09. The van der Waals surface area contributed by atoms with E-state index in [1.807, 2.05) is 6.92 Å². The lowest BCUT2D eigenvalue weighted by atomic mass is 9.77. The molecule has 0 bridgehead atoms. The van der Waals surface area contributed by atoms with Crippen LogP contribution >= 0.6 is 0 Å². The Kier molecular flexibility index (Phi) is 5.84. The fraction of sp³-hybridized carbons (Fsp3) is 0.867. The molecule has 0 radical (unpaired) electrons. The van der Waals surface area contributed by atoms with Gasteiger partial charge in [0.15, 0.2) is 0 Å². The molecule has 20 heavy (non-hydrogen) atoms. The Morgan fingerprint density at radius 2 is 1.80 bits per heavy atom. The molecule has 5 heteroatoms. The number of carboxylic acid groups (broad SMARTS) is 1. The largest absolute Gasteiger partial charge is 0.480 e. The Morgan fingerprint density at radius 1 is 1.25 bits per heavy atom. The third-order valence-corrected chi connectivity index (χ3v) is 4.09. The molecule has 2 amide bonds. The Morgan fingerprint density at radius 3 is 2.25 bits per heavy atom. The fourth-order valence-electron chi connectivity index (χ4n) is 2.89. The fourth-order valence-corrected chi connectivity index (χ4v) is 2.89. The number of hydrogen-bond acceptors (Lipinski definition) is 2. The summed E-state index contributed by atoms with van der Waals surface area (Å²) in [5, 5.41) is 15.0. The SMILES string of the molecule is CC(C)CC(C)NC(=O)NC1(C(=O)O)CCC(C)CC1. The molecule has 0 saturated heterocycles. The van der Waals surface area contributed by atoms with Crippen LogP contribution in [0.15, 0.2) is 0 Å². The highest BCUT2D eigenvalue weighted by Gasteiger charge is 2.42. The average Bonchev–Trinajstić information content (AvgIpc) is 2.30. The second kappa shape index (κ2) is 6.95. The summed E-state index contributed by atoms with van der Waals surface area (Å²) in [6.07, 6.45) is 3.58. The van der Waals surface area contributed by atoms with Crippen molar-refractivity contribution in [2.75, 3.05) is 0 Å². The minimum Gasteiger partial charge on any atom is -0.480 e. The van der Waals surface area contributed by atoms with Crippen LogP contribution in [0.1, 0.15) is 59.8 Å². The lowest BCUT2D eigenvalue weighted by Gasteiger charge is -2.36. The molecule has 5 nitrogen and oxygen atoms in total. The number of rotatable bonds is 5. The Hall–Kier alpha value is -1.26. The number of hydrogen-bond donors (Lipinski definition) is 3. The van der Waals surface area contributed by atoms with Crippen molar-refractivity contribution in [1.29, 1.82) is 0 Å². The van der Waals surface area contributed by atoms with E-state index in [0.717, 1.165) is 19.3 Å². The maximum absolute atomic E-state index is 12.0. The van der Waals surface area contributed by atoms with Gasteiger partial charge in [-0.2, -0.15) is 0 Å². The van der Waals surface area contributed by atoms with Gasteiger partial charge in [0.1, 0.15) is 5.54 Å². The summed E-state index contributed by atoms with van der Waals surface area (Å²) in [4.78, 5) is 23.5. The zero-order valence-electron chi connectivity index (χ0n) is 13.0. The maximum Gasteiger partial charge on any atom is 0.329 e. The molecular weight excluding hydrogens is 256 g/mol. The van der Waals surface area contributed by atoms with Crippen molar-refractivity contribution in [3.05, 3.63) is 0 Å². The van der Waals surface area contributed by atoms with E-state index in [1.165, 1.54) is 0 Å². The lowest BCUT2D eigenvalue weighted by Crippen LogP contribution is -2.59. The summed E-state index contributed by atoms with van der Waals surface area (Å²) in [7, 11) is 0. The average molecular weight is 284 g/mol. The molecule has 0 aromatic rings. The number of amides is 2. The van der Waals surface area contributed by atoms with E-state index in [1.54, 1.807) is 0 Å². The summed E-state index contributed by atoms with van der Waals surface area (Å²) < 4.78 is 0. The number of nitrogens with one attached hydrogen (secondary N) is 2. The van der Waals surface area contributed by atoms with Crippen LogP contribution in [0.5, 0.6) is 0 Å². The van der Waals surface area contributed by atoms with E-state index >= 15 is 0 Å². The number of carbonyl (C=O) groups excluding carboxylic acids is 1. The van der Waals surface area contributed by atoms with E-state index < -0.39 is 11.5 Å². The standard InChI is InChI=1S/C15H28N2O3/c1-10(2)9-12(4)16-14(20)17-15(13(18)19)7-5-11(3)6-8-15/h10-12H,5-9H2,1-4H3,(H,18,19)(H2,16,17,20). The van der Waals surface area contributed by atoms with Gasteiger partial charge in [-0.3, -0.25) is 0 Å². The Bertz CT molecular complexity index is 347. The topological polar surface area (TPSA) is 78.4 Å². The van der Waals surface area contributed by atoms with Crippen molar-refractivity contribution in [3.63, 3.8) is 0 Å². The van der Waals surface area contributed by atoms with Crippen LogP contribution < -0.4 is 10.6 Å². The molecule has 1 unspecified atom stereocenters. The number of urea groups is 1. The highest BCUT2D eigenvalue weighted by molar-refractivity contribution is 5.86. The van der Waals surface area contributed by atoms with Crippen molar-refractivity contribution in [1.82, 2.24) is 10.6 Å². The molecule has 1 saturated carbocycles. The quantitative estimate of drug-likeness (QED) is 0.726. The molecular formula is C15H28N2O3. The summed E-state index contributed by atoms with van der Waals surface area (Å²) in [5.41, 5.74) is -1.09. The van der Waals surface area contributed by atoms with Gasteiger partial charge in [0, 0.05) is 6.04 Å². The molecule has 0 aromatic heterocycles. The van der Waals surface area contributed by atoms with Crippen LogP contribution in [0.3, 0.4) is 0 Å². The lowest BCUT2D eigenvalue weighted by molar-refractivity contribution is -0.146. The smallest absolute Gasteiger partial charge is 0.329 e. The van der Waals surface area contributed by atoms with Gasteiger partial charge in [-0.25, -0.2) is 9.59 Å². The van der Waals surface area contributed by atoms with E-state index in [-0.39, 0.29) is 12.1 Å². The van der Waals surface area contributed by atoms with Crippen molar-refractivity contribution in [3.8, 4) is 0 Å². The maximum atomic E-state index is 12.0. The first-order valence-electron chi connectivity index (χ1n) is 7.57. The van der Waals surface area contributed by atoms with Gasteiger partial charge in [0.25, 0.3) is 0 Å². The molecule has 1 aliphatic rings. The van der Waals surface area contributed by atoms with Crippen molar-refractivity contribution in [2.45, 2.75) is 71.4 Å². The van der Waals surface area contributed by atoms with Gasteiger partial charge in [-0.05, 0) is 50.9 Å². The summed E-state index contributed by atoms with van der Waals surface area (Å²) in [5.74, 6) is 0.109. The van der Waals surface area contributed by atoms with Crippen LogP contribution in [0.25, 0.3) is 0 Å². The Labute approximate surface area is 121 Å². The molecule has 1 fully saturated rings. The molecule has 0 aliphatic heterocycles. The highest BCUT2D eigenvalue weighted by atomic mass is 16.4. The van der Waals surface area contributed by atoms with E-state index in [9.17, 15) is 14.7 Å². The normalized spacial score (nSPS) is 27.9. The van der Waals surface area contributed by atoms with Gasteiger partial charge < -0.3 is 15.7 Å². The first-order valence-corrected chi connectivity index (χ1v) is 7.57. The van der Waals surface area contributed by atoms with E-state index in [2.05, 4.69) is 31.4 Å². The van der Waals surface area contributed by atoms with Gasteiger partial charge in [0.05, 0.1) is 0 Å². The third-order valence-electron chi connectivity index (χ3n) is 4.09. The first-order chi connectivity index (χ1) is 9.25. The first kappa shape index (κ1) is 16.8. The predicted molar refractivity (Wildman–Crippen MR) is 78.6 cm³/mol. The molecule has 116 valence electrons. The van der Waals surface area contributed by atoms with Gasteiger partial charge in [-0.1, -0.05) is 20.8 Å². The van der Waals surface area contributed by atoms with E-state index in [4.69, 9.17) is 0 Å². The minimum absolute atomic E-state index is 0.0448. The van der Waals surface area contributed by atoms with Crippen LogP contribution in [-0.4, -0.2) is 28.7 Å². The van der Waals surface area contributed by atoms with Crippen LogP contribution in [0.2, 0.25) is 0 Å². The predicted octanol–water partition coefficient (Wildman–Crippen LogP) is 2.75. The van der Waals surface area contributed by atoms with E-state index in [0.29, 0.717) is 24.7 Å². The summed E-state index contributed by atoms with van der Waals surface area (Å²) in [6, 6.07) is -0.321. The number of carbonyl (C=O) groups is 2. The second-order valence-corrected chi connectivity index (χ2v) is 6.70. The summed E-state index contributed by atoms with van der Waals surface area (Å²) in [6.45, 7) is 8.25. The molecule has 1 aliphatic carbocycles. The summed E-state index contributed by atoms with van der Waals surface area (Å²) >= 11 is 0. The van der Waals surface area contributed by atoms with Gasteiger partial charge in [0.2, 0.25) is 0 Å². The Balaban J connectivity index is 2.58. The van der Waals surface area contributed by atoms with Crippen LogP contribution in [0.4, 0.5) is 4.79 Å².